The molecule has 0 saturated heterocycles. The van der Waals surface area contributed by atoms with Gasteiger partial charge in [0.1, 0.15) is 5.75 Å². The summed E-state index contributed by atoms with van der Waals surface area (Å²) in [6, 6.07) is 5.77. The fourth-order valence-corrected chi connectivity index (χ4v) is 1.40. The maximum atomic E-state index is 10.9. The lowest BCUT2D eigenvalue weighted by molar-refractivity contribution is -0.131. The van der Waals surface area contributed by atoms with Crippen molar-refractivity contribution in [1.82, 2.24) is 0 Å². The molecule has 1 aromatic rings. The molecule has 1 atom stereocenters. The molecular weight excluding hydrogens is 188 g/mol. The maximum Gasteiger partial charge on any atom is 0.308 e. The average molecular weight is 204 g/mol. The summed E-state index contributed by atoms with van der Waals surface area (Å²) in [7, 11) is 0. The molecule has 1 unspecified atom stereocenters. The van der Waals surface area contributed by atoms with E-state index in [4.69, 9.17) is 4.74 Å². The molecular formula is C13H16O2. The summed E-state index contributed by atoms with van der Waals surface area (Å²) in [5.41, 5.74) is 2.15. The van der Waals surface area contributed by atoms with Crippen LogP contribution in [0.1, 0.15) is 30.9 Å². The summed E-state index contributed by atoms with van der Waals surface area (Å²) in [6.45, 7) is 9.18. The average Bonchev–Trinajstić information content (AvgIpc) is 2.19. The molecule has 0 aliphatic carbocycles. The van der Waals surface area contributed by atoms with Crippen molar-refractivity contribution in [3.05, 3.63) is 42.0 Å². The molecule has 2 heteroatoms. The molecule has 0 N–H and O–H groups in total. The number of carbonyl (C=O) groups is 1. The predicted octanol–water partition coefficient (Wildman–Crippen LogP) is 3.21. The number of hydrogen-bond donors (Lipinski definition) is 0. The number of carbonyl (C=O) groups excluding carboxylic acids is 1. The van der Waals surface area contributed by atoms with Gasteiger partial charge in [0.05, 0.1) is 0 Å². The largest absolute Gasteiger partial charge is 0.426 e. The van der Waals surface area contributed by atoms with Crippen molar-refractivity contribution in [3.63, 3.8) is 0 Å². The Kier molecular flexibility index (Phi) is 3.67. The van der Waals surface area contributed by atoms with Crippen LogP contribution in [-0.4, -0.2) is 5.97 Å². The molecule has 0 fully saturated rings. The third kappa shape index (κ3) is 2.94. The molecule has 0 aliphatic heterocycles. The quantitative estimate of drug-likeness (QED) is 0.429. The van der Waals surface area contributed by atoms with Gasteiger partial charge in [0.25, 0.3) is 0 Å². The van der Waals surface area contributed by atoms with Crippen molar-refractivity contribution < 1.29 is 9.53 Å². The Bertz CT molecular complexity index is 380. The Morgan fingerprint density at radius 1 is 1.53 bits per heavy atom. The van der Waals surface area contributed by atoms with E-state index in [-0.39, 0.29) is 11.9 Å². The Balaban J connectivity index is 3.13. The summed E-state index contributed by atoms with van der Waals surface area (Å²) < 4.78 is 5.14. The van der Waals surface area contributed by atoms with E-state index in [1.165, 1.54) is 6.92 Å². The number of rotatable bonds is 3. The molecule has 0 spiro atoms. The molecule has 0 bridgehead atoms. The first-order valence-electron chi connectivity index (χ1n) is 4.96. The zero-order valence-corrected chi connectivity index (χ0v) is 9.41. The summed E-state index contributed by atoms with van der Waals surface area (Å²) >= 11 is 0. The van der Waals surface area contributed by atoms with Gasteiger partial charge < -0.3 is 4.74 Å². The van der Waals surface area contributed by atoms with E-state index in [2.05, 4.69) is 6.58 Å². The topological polar surface area (TPSA) is 26.3 Å². The van der Waals surface area contributed by atoms with Crippen molar-refractivity contribution >= 4 is 5.97 Å². The second kappa shape index (κ2) is 4.78. The molecule has 15 heavy (non-hydrogen) atoms. The van der Waals surface area contributed by atoms with Crippen LogP contribution in [0.2, 0.25) is 0 Å². The van der Waals surface area contributed by atoms with Crippen molar-refractivity contribution in [2.24, 2.45) is 0 Å². The fourth-order valence-electron chi connectivity index (χ4n) is 1.40. The lowest BCUT2D eigenvalue weighted by atomic mass is 9.98. The molecule has 2 nitrogen and oxygen atoms in total. The SMILES string of the molecule is C=CC(C)c1cc(C)ccc1OC(C)=O. The van der Waals surface area contributed by atoms with E-state index >= 15 is 0 Å². The van der Waals surface area contributed by atoms with E-state index in [9.17, 15) is 4.79 Å². The normalized spacial score (nSPS) is 11.9. The molecule has 80 valence electrons. The van der Waals surface area contributed by atoms with Crippen molar-refractivity contribution in [3.8, 4) is 5.75 Å². The van der Waals surface area contributed by atoms with Gasteiger partial charge in [0, 0.05) is 18.4 Å². The van der Waals surface area contributed by atoms with Gasteiger partial charge in [-0.1, -0.05) is 30.7 Å². The minimum Gasteiger partial charge on any atom is -0.426 e. The van der Waals surface area contributed by atoms with Gasteiger partial charge in [-0.25, -0.2) is 0 Å². The van der Waals surface area contributed by atoms with Gasteiger partial charge >= 0.3 is 5.97 Å². The number of allylic oxidation sites excluding steroid dienone is 1. The van der Waals surface area contributed by atoms with Crippen molar-refractivity contribution in [2.45, 2.75) is 26.7 Å². The highest BCUT2D eigenvalue weighted by Crippen LogP contribution is 2.28. The Hall–Kier alpha value is -1.57. The van der Waals surface area contributed by atoms with Crippen LogP contribution in [-0.2, 0) is 4.79 Å². The summed E-state index contributed by atoms with van der Waals surface area (Å²) in [5.74, 6) is 0.510. The maximum absolute atomic E-state index is 10.9. The highest BCUT2D eigenvalue weighted by molar-refractivity contribution is 5.70. The molecule has 0 amide bonds. The van der Waals surface area contributed by atoms with E-state index < -0.39 is 0 Å². The van der Waals surface area contributed by atoms with E-state index in [1.807, 2.05) is 38.1 Å². The minimum atomic E-state index is -0.295. The lowest BCUT2D eigenvalue weighted by Crippen LogP contribution is -2.05. The zero-order chi connectivity index (χ0) is 11.4. The van der Waals surface area contributed by atoms with Crippen molar-refractivity contribution in [2.75, 3.05) is 0 Å². The standard InChI is InChI=1S/C13H16O2/c1-5-10(3)12-8-9(2)6-7-13(12)15-11(4)14/h5-8,10H,1H2,2-4H3. The Morgan fingerprint density at radius 2 is 2.20 bits per heavy atom. The van der Waals surface area contributed by atoms with Crippen LogP contribution in [0.3, 0.4) is 0 Å². The predicted molar refractivity (Wildman–Crippen MR) is 61.1 cm³/mol. The first-order valence-corrected chi connectivity index (χ1v) is 4.96. The van der Waals surface area contributed by atoms with Gasteiger partial charge in [-0.3, -0.25) is 4.79 Å². The number of hydrogen-bond acceptors (Lipinski definition) is 2. The van der Waals surface area contributed by atoms with Gasteiger partial charge in [0.2, 0.25) is 0 Å². The van der Waals surface area contributed by atoms with Gasteiger partial charge in [-0.05, 0) is 13.0 Å². The summed E-state index contributed by atoms with van der Waals surface area (Å²) in [5, 5.41) is 0. The van der Waals surface area contributed by atoms with Gasteiger partial charge in [-0.2, -0.15) is 0 Å². The highest BCUT2D eigenvalue weighted by Gasteiger charge is 2.10. The van der Waals surface area contributed by atoms with Crippen LogP contribution < -0.4 is 4.74 Å². The molecule has 0 heterocycles. The smallest absolute Gasteiger partial charge is 0.308 e. The first-order chi connectivity index (χ1) is 7.04. The molecule has 0 radical (unpaired) electrons. The lowest BCUT2D eigenvalue weighted by Gasteiger charge is -2.13. The highest BCUT2D eigenvalue weighted by atomic mass is 16.5. The zero-order valence-electron chi connectivity index (χ0n) is 9.41. The number of aryl methyl sites for hydroxylation is 1. The van der Waals surface area contributed by atoms with Crippen LogP contribution >= 0.6 is 0 Å². The second-order valence-corrected chi connectivity index (χ2v) is 3.66. The van der Waals surface area contributed by atoms with E-state index in [0.717, 1.165) is 11.1 Å². The molecule has 0 aliphatic rings. The number of benzene rings is 1. The third-order valence-electron chi connectivity index (χ3n) is 2.26. The van der Waals surface area contributed by atoms with Crippen LogP contribution in [0.25, 0.3) is 0 Å². The van der Waals surface area contributed by atoms with Crippen LogP contribution in [0.15, 0.2) is 30.9 Å². The third-order valence-corrected chi connectivity index (χ3v) is 2.26. The summed E-state index contributed by atoms with van der Waals surface area (Å²) in [6.07, 6.45) is 1.84. The van der Waals surface area contributed by atoms with Gasteiger partial charge in [-0.15, -0.1) is 6.58 Å². The first kappa shape index (κ1) is 11.5. The van der Waals surface area contributed by atoms with E-state index in [1.54, 1.807) is 0 Å². The number of esters is 1. The second-order valence-electron chi connectivity index (χ2n) is 3.66. The number of ether oxygens (including phenoxy) is 1. The molecule has 1 rings (SSSR count). The minimum absolute atomic E-state index is 0.180. The summed E-state index contributed by atoms with van der Waals surface area (Å²) in [4.78, 5) is 10.9. The molecule has 0 saturated carbocycles. The van der Waals surface area contributed by atoms with E-state index in [0.29, 0.717) is 5.75 Å². The van der Waals surface area contributed by atoms with Crippen LogP contribution in [0.4, 0.5) is 0 Å². The Morgan fingerprint density at radius 3 is 2.73 bits per heavy atom. The monoisotopic (exact) mass is 204 g/mol. The Labute approximate surface area is 90.6 Å². The molecule has 1 aromatic carbocycles. The fraction of sp³-hybridized carbons (Fsp3) is 0.308. The van der Waals surface area contributed by atoms with Crippen LogP contribution in [0.5, 0.6) is 5.75 Å². The molecule has 0 aromatic heterocycles. The van der Waals surface area contributed by atoms with Gasteiger partial charge in [0.15, 0.2) is 0 Å². The van der Waals surface area contributed by atoms with Crippen molar-refractivity contribution in [1.29, 1.82) is 0 Å². The van der Waals surface area contributed by atoms with Crippen LogP contribution in [0, 0.1) is 6.92 Å².